The number of carboxylic acids is 1. The van der Waals surface area contributed by atoms with Crippen molar-refractivity contribution in [1.29, 1.82) is 0 Å². The van der Waals surface area contributed by atoms with Gasteiger partial charge in [-0.05, 0) is 44.6 Å². The zero-order chi connectivity index (χ0) is 12.0. The van der Waals surface area contributed by atoms with E-state index in [0.29, 0.717) is 6.42 Å². The van der Waals surface area contributed by atoms with E-state index in [9.17, 15) is 4.79 Å². The van der Waals surface area contributed by atoms with Gasteiger partial charge in [0.25, 0.3) is 0 Å². The maximum absolute atomic E-state index is 10.9. The zero-order valence-electron chi connectivity index (χ0n) is 9.64. The highest BCUT2D eigenvalue weighted by Crippen LogP contribution is 2.25. The van der Waals surface area contributed by atoms with Gasteiger partial charge in [-0.25, -0.2) is 0 Å². The average Bonchev–Trinajstić information content (AvgIpc) is 2.26. The van der Waals surface area contributed by atoms with Crippen LogP contribution in [0.25, 0.3) is 0 Å². The summed E-state index contributed by atoms with van der Waals surface area (Å²) in [6.07, 6.45) is 5.15. The molecule has 88 valence electrons. The molecule has 0 amide bonds. The second-order valence-corrected chi connectivity index (χ2v) is 5.49. The first-order chi connectivity index (χ1) is 7.52. The van der Waals surface area contributed by atoms with E-state index in [-0.39, 0.29) is 0 Å². The van der Waals surface area contributed by atoms with Crippen LogP contribution in [0.1, 0.15) is 26.7 Å². The Kier molecular flexibility index (Phi) is 4.80. The Morgan fingerprint density at radius 1 is 1.44 bits per heavy atom. The molecule has 0 unspecified atom stereocenters. The lowest BCUT2D eigenvalue weighted by Crippen LogP contribution is -2.23. The number of pyridine rings is 1. The van der Waals surface area contributed by atoms with E-state index in [1.54, 1.807) is 38.0 Å². The van der Waals surface area contributed by atoms with Crippen LogP contribution in [0.15, 0.2) is 29.4 Å². The molecule has 0 saturated carbocycles. The first kappa shape index (κ1) is 13.0. The van der Waals surface area contributed by atoms with Crippen LogP contribution in [0.4, 0.5) is 0 Å². The SMILES string of the molecule is CC(C)(CCCSc1ccncc1)C(=O)O. The summed E-state index contributed by atoms with van der Waals surface area (Å²) < 4.78 is 0. The number of rotatable bonds is 6. The number of aliphatic carboxylic acids is 1. The lowest BCUT2D eigenvalue weighted by atomic mass is 9.88. The van der Waals surface area contributed by atoms with Gasteiger partial charge < -0.3 is 5.11 Å². The Labute approximate surface area is 100 Å². The van der Waals surface area contributed by atoms with Gasteiger partial charge in [0.15, 0.2) is 0 Å². The molecule has 4 heteroatoms. The second-order valence-electron chi connectivity index (χ2n) is 4.32. The minimum atomic E-state index is -0.721. The number of carbonyl (C=O) groups is 1. The molecule has 1 rings (SSSR count). The van der Waals surface area contributed by atoms with Gasteiger partial charge in [-0.3, -0.25) is 9.78 Å². The van der Waals surface area contributed by atoms with E-state index in [2.05, 4.69) is 4.98 Å². The normalized spacial score (nSPS) is 11.4. The lowest BCUT2D eigenvalue weighted by molar-refractivity contribution is -0.147. The lowest BCUT2D eigenvalue weighted by Gasteiger charge is -2.18. The molecule has 1 aromatic rings. The van der Waals surface area contributed by atoms with E-state index in [1.807, 2.05) is 12.1 Å². The van der Waals surface area contributed by atoms with Crippen LogP contribution in [0.5, 0.6) is 0 Å². The van der Waals surface area contributed by atoms with Gasteiger partial charge in [0.2, 0.25) is 0 Å². The van der Waals surface area contributed by atoms with Crippen LogP contribution in [0.2, 0.25) is 0 Å². The first-order valence-corrected chi connectivity index (χ1v) is 6.27. The number of nitrogens with zero attached hydrogens (tertiary/aromatic N) is 1. The van der Waals surface area contributed by atoms with Gasteiger partial charge in [-0.1, -0.05) is 0 Å². The monoisotopic (exact) mass is 239 g/mol. The Morgan fingerprint density at radius 3 is 2.62 bits per heavy atom. The third kappa shape index (κ3) is 4.23. The maximum Gasteiger partial charge on any atom is 0.309 e. The Balaban J connectivity index is 2.25. The molecule has 0 atom stereocenters. The van der Waals surface area contributed by atoms with E-state index in [4.69, 9.17) is 5.11 Å². The van der Waals surface area contributed by atoms with Crippen LogP contribution >= 0.6 is 11.8 Å². The molecule has 0 aromatic carbocycles. The molecule has 0 saturated heterocycles. The van der Waals surface area contributed by atoms with Crippen molar-refractivity contribution in [3.63, 3.8) is 0 Å². The summed E-state index contributed by atoms with van der Waals surface area (Å²) in [6, 6.07) is 3.93. The largest absolute Gasteiger partial charge is 0.481 e. The van der Waals surface area contributed by atoms with Crippen molar-refractivity contribution in [2.45, 2.75) is 31.6 Å². The number of hydrogen-bond acceptors (Lipinski definition) is 3. The maximum atomic E-state index is 10.9. The summed E-state index contributed by atoms with van der Waals surface area (Å²) in [5.41, 5.74) is -0.612. The summed E-state index contributed by atoms with van der Waals surface area (Å²) in [5, 5.41) is 8.94. The highest BCUT2D eigenvalue weighted by Gasteiger charge is 2.25. The van der Waals surface area contributed by atoms with Crippen LogP contribution in [0.3, 0.4) is 0 Å². The third-order valence-electron chi connectivity index (χ3n) is 2.44. The predicted octanol–water partition coefficient (Wildman–Crippen LogP) is 3.06. The van der Waals surface area contributed by atoms with Crippen molar-refractivity contribution in [3.8, 4) is 0 Å². The number of carboxylic acid groups (broad SMARTS) is 1. The van der Waals surface area contributed by atoms with E-state index < -0.39 is 11.4 Å². The minimum Gasteiger partial charge on any atom is -0.481 e. The number of hydrogen-bond donors (Lipinski definition) is 1. The summed E-state index contributed by atoms with van der Waals surface area (Å²) >= 11 is 1.74. The molecule has 0 aliphatic carbocycles. The molecular formula is C12H17NO2S. The molecule has 3 nitrogen and oxygen atoms in total. The number of thioether (sulfide) groups is 1. The molecule has 0 fully saturated rings. The highest BCUT2D eigenvalue weighted by molar-refractivity contribution is 7.99. The van der Waals surface area contributed by atoms with Crippen molar-refractivity contribution < 1.29 is 9.90 Å². The smallest absolute Gasteiger partial charge is 0.309 e. The van der Waals surface area contributed by atoms with Gasteiger partial charge in [0, 0.05) is 17.3 Å². The topological polar surface area (TPSA) is 50.2 Å². The molecule has 0 spiro atoms. The molecule has 0 bridgehead atoms. The first-order valence-electron chi connectivity index (χ1n) is 5.28. The van der Waals surface area contributed by atoms with E-state index >= 15 is 0 Å². The Morgan fingerprint density at radius 2 is 2.06 bits per heavy atom. The van der Waals surface area contributed by atoms with Crippen LogP contribution < -0.4 is 0 Å². The van der Waals surface area contributed by atoms with Gasteiger partial charge >= 0.3 is 5.97 Å². The van der Waals surface area contributed by atoms with E-state index in [1.165, 1.54) is 4.90 Å². The van der Waals surface area contributed by atoms with Gasteiger partial charge in [0.05, 0.1) is 5.41 Å². The van der Waals surface area contributed by atoms with Crippen molar-refractivity contribution in [2.75, 3.05) is 5.75 Å². The van der Waals surface area contributed by atoms with Crippen molar-refractivity contribution in [1.82, 2.24) is 4.98 Å². The quantitative estimate of drug-likeness (QED) is 0.612. The number of aromatic nitrogens is 1. The fourth-order valence-corrected chi connectivity index (χ4v) is 2.08. The summed E-state index contributed by atoms with van der Waals surface area (Å²) in [5.74, 6) is 0.224. The second kappa shape index (κ2) is 5.89. The highest BCUT2D eigenvalue weighted by atomic mass is 32.2. The van der Waals surface area contributed by atoms with Crippen molar-refractivity contribution in [3.05, 3.63) is 24.5 Å². The molecular weight excluding hydrogens is 222 g/mol. The van der Waals surface area contributed by atoms with Crippen LogP contribution in [-0.2, 0) is 4.79 Å². The molecule has 0 radical (unpaired) electrons. The standard InChI is InChI=1S/C12H17NO2S/c1-12(2,11(14)15)6-3-9-16-10-4-7-13-8-5-10/h4-5,7-8H,3,6,9H2,1-2H3,(H,14,15). The molecule has 0 aliphatic heterocycles. The van der Waals surface area contributed by atoms with Gasteiger partial charge in [-0.2, -0.15) is 0 Å². The summed E-state index contributed by atoms with van der Waals surface area (Å²) in [7, 11) is 0. The van der Waals surface area contributed by atoms with Crippen LogP contribution in [-0.4, -0.2) is 21.8 Å². The molecule has 1 N–H and O–H groups in total. The summed E-state index contributed by atoms with van der Waals surface area (Å²) in [4.78, 5) is 16.0. The zero-order valence-corrected chi connectivity index (χ0v) is 10.5. The van der Waals surface area contributed by atoms with Crippen molar-refractivity contribution >= 4 is 17.7 Å². The minimum absolute atomic E-state index is 0.612. The summed E-state index contributed by atoms with van der Waals surface area (Å²) in [6.45, 7) is 3.54. The molecule has 1 aromatic heterocycles. The molecule has 1 heterocycles. The molecule has 0 aliphatic rings. The van der Waals surface area contributed by atoms with Gasteiger partial charge in [-0.15, -0.1) is 11.8 Å². The average molecular weight is 239 g/mol. The third-order valence-corrected chi connectivity index (χ3v) is 3.54. The van der Waals surface area contributed by atoms with E-state index in [0.717, 1.165) is 12.2 Å². The fraction of sp³-hybridized carbons (Fsp3) is 0.500. The molecule has 16 heavy (non-hydrogen) atoms. The fourth-order valence-electron chi connectivity index (χ4n) is 1.25. The Hall–Kier alpha value is -1.03. The Bertz CT molecular complexity index is 338. The van der Waals surface area contributed by atoms with Crippen molar-refractivity contribution in [2.24, 2.45) is 5.41 Å². The predicted molar refractivity (Wildman–Crippen MR) is 65.6 cm³/mol. The van der Waals surface area contributed by atoms with Gasteiger partial charge in [0.1, 0.15) is 0 Å². The van der Waals surface area contributed by atoms with Crippen LogP contribution in [0, 0.1) is 5.41 Å².